The standard InChI is InChI=1S/C66H54N2O/c1-41-43(3)64(44(4)42(2)63(41)55-26-13-11-23-51(55)49-32-34-60(68-40-49)58-29-18-28-57-54-25-15-16-30-62(54)69-65(57)58)56-27-14-12-24-52(56)53-33-31-48(61-39-50(35-36-67-61)66(5,6)7)38-59(53)47-22-17-21-46(37-47)45-19-9-8-10-20-45/h8-40H,1-7H3. The van der Waals surface area contributed by atoms with Crippen molar-refractivity contribution in [2.24, 2.45) is 0 Å². The van der Waals surface area contributed by atoms with Gasteiger partial charge in [0.05, 0.1) is 11.4 Å². The van der Waals surface area contributed by atoms with E-state index < -0.39 is 0 Å². The van der Waals surface area contributed by atoms with Gasteiger partial charge in [0.25, 0.3) is 0 Å². The predicted molar refractivity (Wildman–Crippen MR) is 290 cm³/mol. The third-order valence-electron chi connectivity index (χ3n) is 14.3. The zero-order valence-electron chi connectivity index (χ0n) is 40.4. The molecule has 0 bridgehead atoms. The van der Waals surface area contributed by atoms with Crippen molar-refractivity contribution in [2.45, 2.75) is 53.9 Å². The minimum absolute atomic E-state index is 0.00327. The number of hydrogen-bond donors (Lipinski definition) is 0. The summed E-state index contributed by atoms with van der Waals surface area (Å²) in [6.07, 6.45) is 3.96. The number of aromatic nitrogens is 2. The second kappa shape index (κ2) is 17.5. The summed E-state index contributed by atoms with van der Waals surface area (Å²) in [5, 5.41) is 2.22. The molecule has 3 heteroatoms. The van der Waals surface area contributed by atoms with Crippen LogP contribution in [-0.2, 0) is 5.41 Å². The topological polar surface area (TPSA) is 38.9 Å². The van der Waals surface area contributed by atoms with Crippen LogP contribution in [0.1, 0.15) is 48.6 Å². The minimum atomic E-state index is 0.00327. The third-order valence-corrected chi connectivity index (χ3v) is 14.3. The first-order valence-corrected chi connectivity index (χ1v) is 24.0. The molecule has 0 saturated carbocycles. The monoisotopic (exact) mass is 890 g/mol. The Bertz CT molecular complexity index is 3710. The molecule has 69 heavy (non-hydrogen) atoms. The van der Waals surface area contributed by atoms with Crippen LogP contribution in [-0.4, -0.2) is 9.97 Å². The molecule has 334 valence electrons. The maximum Gasteiger partial charge on any atom is 0.144 e. The average Bonchev–Trinajstić information content (AvgIpc) is 3.78. The van der Waals surface area contributed by atoms with Gasteiger partial charge < -0.3 is 4.42 Å². The molecule has 0 aliphatic rings. The van der Waals surface area contributed by atoms with Crippen LogP contribution in [0.3, 0.4) is 0 Å². The molecule has 0 atom stereocenters. The van der Waals surface area contributed by atoms with Crippen LogP contribution in [0.2, 0.25) is 0 Å². The molecule has 0 aliphatic heterocycles. The van der Waals surface area contributed by atoms with Gasteiger partial charge in [0.15, 0.2) is 0 Å². The van der Waals surface area contributed by atoms with Gasteiger partial charge in [0.1, 0.15) is 11.2 Å². The molecule has 0 amide bonds. The Kier molecular flexibility index (Phi) is 11.0. The highest BCUT2D eigenvalue weighted by Gasteiger charge is 2.24. The second-order valence-electron chi connectivity index (χ2n) is 19.4. The zero-order valence-corrected chi connectivity index (χ0v) is 40.4. The summed E-state index contributed by atoms with van der Waals surface area (Å²) in [7, 11) is 0. The van der Waals surface area contributed by atoms with Gasteiger partial charge in [-0.3, -0.25) is 9.97 Å². The number of pyridine rings is 2. The van der Waals surface area contributed by atoms with E-state index in [0.717, 1.165) is 61.1 Å². The van der Waals surface area contributed by atoms with Crippen LogP contribution in [0.25, 0.3) is 111 Å². The Hall–Kier alpha value is -8.14. The first-order chi connectivity index (χ1) is 33.5. The van der Waals surface area contributed by atoms with Crippen LogP contribution in [0.15, 0.2) is 205 Å². The molecule has 0 aliphatic carbocycles. The van der Waals surface area contributed by atoms with Crippen LogP contribution < -0.4 is 0 Å². The summed E-state index contributed by atoms with van der Waals surface area (Å²) in [5.74, 6) is 0. The van der Waals surface area contributed by atoms with E-state index in [0.29, 0.717) is 0 Å². The average molecular weight is 891 g/mol. The Morgan fingerprint density at radius 2 is 0.928 bits per heavy atom. The molecule has 0 N–H and O–H groups in total. The lowest BCUT2D eigenvalue weighted by atomic mass is 9.79. The number of para-hydroxylation sites is 2. The first kappa shape index (κ1) is 43.4. The van der Waals surface area contributed by atoms with Crippen molar-refractivity contribution in [3.63, 3.8) is 0 Å². The summed E-state index contributed by atoms with van der Waals surface area (Å²) < 4.78 is 6.39. The maximum atomic E-state index is 6.39. The number of fused-ring (bicyclic) bond motifs is 3. The normalized spacial score (nSPS) is 11.7. The number of furan rings is 1. The van der Waals surface area contributed by atoms with Crippen molar-refractivity contribution in [3.05, 3.63) is 228 Å². The largest absolute Gasteiger partial charge is 0.455 e. The molecular weight excluding hydrogens is 837 g/mol. The Morgan fingerprint density at radius 1 is 0.362 bits per heavy atom. The van der Waals surface area contributed by atoms with E-state index >= 15 is 0 Å². The molecule has 8 aromatic carbocycles. The van der Waals surface area contributed by atoms with E-state index in [1.54, 1.807) is 0 Å². The number of rotatable bonds is 8. The van der Waals surface area contributed by atoms with Crippen LogP contribution >= 0.6 is 0 Å². The highest BCUT2D eigenvalue weighted by molar-refractivity contribution is 6.09. The smallest absolute Gasteiger partial charge is 0.144 e. The van der Waals surface area contributed by atoms with Gasteiger partial charge >= 0.3 is 0 Å². The molecule has 0 unspecified atom stereocenters. The highest BCUT2D eigenvalue weighted by Crippen LogP contribution is 2.47. The van der Waals surface area contributed by atoms with E-state index in [4.69, 9.17) is 14.4 Å². The van der Waals surface area contributed by atoms with Gasteiger partial charge in [0, 0.05) is 39.9 Å². The molecular formula is C66H54N2O. The van der Waals surface area contributed by atoms with Crippen molar-refractivity contribution in [1.29, 1.82) is 0 Å². The van der Waals surface area contributed by atoms with Crippen LogP contribution in [0, 0.1) is 27.7 Å². The van der Waals surface area contributed by atoms with Gasteiger partial charge in [-0.05, 0) is 165 Å². The molecule has 3 nitrogen and oxygen atoms in total. The number of hydrogen-bond acceptors (Lipinski definition) is 3. The minimum Gasteiger partial charge on any atom is -0.455 e. The quantitative estimate of drug-likeness (QED) is 0.153. The fraction of sp³-hybridized carbons (Fsp3) is 0.121. The molecule has 3 aromatic heterocycles. The number of nitrogens with zero attached hydrogens (tertiary/aromatic N) is 2. The summed E-state index contributed by atoms with van der Waals surface area (Å²) in [6.45, 7) is 16.0. The number of benzene rings is 8. The molecule has 0 radical (unpaired) electrons. The Labute approximate surface area is 405 Å². The molecule has 11 aromatic rings. The van der Waals surface area contributed by atoms with Crippen molar-refractivity contribution in [2.75, 3.05) is 0 Å². The van der Waals surface area contributed by atoms with Crippen LogP contribution in [0.5, 0.6) is 0 Å². The molecule has 3 heterocycles. The van der Waals surface area contributed by atoms with Gasteiger partial charge in [-0.25, -0.2) is 0 Å². The van der Waals surface area contributed by atoms with E-state index in [1.807, 2.05) is 24.5 Å². The zero-order chi connectivity index (χ0) is 47.4. The van der Waals surface area contributed by atoms with Gasteiger partial charge in [-0.2, -0.15) is 0 Å². The van der Waals surface area contributed by atoms with Crippen molar-refractivity contribution in [1.82, 2.24) is 9.97 Å². The summed E-state index contributed by atoms with van der Waals surface area (Å²) in [4.78, 5) is 9.99. The Balaban J connectivity index is 1.02. The van der Waals surface area contributed by atoms with Gasteiger partial charge in [-0.15, -0.1) is 0 Å². The van der Waals surface area contributed by atoms with Crippen LogP contribution in [0.4, 0.5) is 0 Å². The molecule has 0 spiro atoms. The van der Waals surface area contributed by atoms with Gasteiger partial charge in [-0.1, -0.05) is 166 Å². The van der Waals surface area contributed by atoms with Crippen molar-refractivity contribution < 1.29 is 4.42 Å². The fourth-order valence-corrected chi connectivity index (χ4v) is 10.4. The summed E-state index contributed by atoms with van der Waals surface area (Å²) in [5.41, 5.74) is 26.3. The SMILES string of the molecule is Cc1c(C)c(-c2ccccc2-c2ccc(-c3cc(C(C)(C)C)ccn3)cc2-c2cccc(-c3ccccc3)c2)c(C)c(C)c1-c1ccccc1-c1ccc(-c2cccc3c2oc2ccccc23)nc1. The highest BCUT2D eigenvalue weighted by atomic mass is 16.3. The lowest BCUT2D eigenvalue weighted by Gasteiger charge is -2.25. The third kappa shape index (κ3) is 7.84. The predicted octanol–water partition coefficient (Wildman–Crippen LogP) is 18.2. The van der Waals surface area contributed by atoms with E-state index in [1.165, 1.54) is 77.9 Å². The van der Waals surface area contributed by atoms with Crippen molar-refractivity contribution >= 4 is 21.9 Å². The lowest BCUT2D eigenvalue weighted by Crippen LogP contribution is -2.11. The Morgan fingerprint density at radius 3 is 1.64 bits per heavy atom. The summed E-state index contributed by atoms with van der Waals surface area (Å²) in [6, 6.07) is 67.5. The summed E-state index contributed by atoms with van der Waals surface area (Å²) >= 11 is 0. The lowest BCUT2D eigenvalue weighted by molar-refractivity contribution is 0.589. The molecule has 11 rings (SSSR count). The van der Waals surface area contributed by atoms with E-state index in [9.17, 15) is 0 Å². The van der Waals surface area contributed by atoms with E-state index in [-0.39, 0.29) is 5.41 Å². The first-order valence-electron chi connectivity index (χ1n) is 24.0. The fourth-order valence-electron chi connectivity index (χ4n) is 10.4. The molecule has 0 fully saturated rings. The van der Waals surface area contributed by atoms with Crippen molar-refractivity contribution in [3.8, 4) is 89.3 Å². The van der Waals surface area contributed by atoms with Gasteiger partial charge in [0.2, 0.25) is 0 Å². The molecule has 0 saturated heterocycles. The second-order valence-corrected chi connectivity index (χ2v) is 19.4. The van der Waals surface area contributed by atoms with E-state index in [2.05, 4.69) is 224 Å². The maximum absolute atomic E-state index is 6.39.